The van der Waals surface area contributed by atoms with Crippen molar-refractivity contribution >= 4 is 15.9 Å². The van der Waals surface area contributed by atoms with E-state index in [0.717, 1.165) is 35.5 Å². The molecule has 0 bridgehead atoms. The van der Waals surface area contributed by atoms with E-state index in [2.05, 4.69) is 66.3 Å². The second kappa shape index (κ2) is 7.62. The Kier molecular flexibility index (Phi) is 5.83. The molecule has 3 heteroatoms. The van der Waals surface area contributed by atoms with Crippen LogP contribution in [0.2, 0.25) is 0 Å². The Balaban J connectivity index is 2.09. The van der Waals surface area contributed by atoms with Gasteiger partial charge in [-0.3, -0.25) is 0 Å². The molecule has 0 fully saturated rings. The molecule has 0 unspecified atom stereocenters. The van der Waals surface area contributed by atoms with Crippen molar-refractivity contribution < 1.29 is 4.74 Å². The standard InChI is InChI=1S/C18H22BrNO/c1-4-7-20-12-15-5-6-16(11-18(15)19)21-17-9-13(2)8-14(3)10-17/h5-6,8-11,20H,4,7,12H2,1-3H3. The zero-order chi connectivity index (χ0) is 15.2. The van der Waals surface area contributed by atoms with Crippen molar-refractivity contribution in [2.24, 2.45) is 0 Å². The predicted molar refractivity (Wildman–Crippen MR) is 92.1 cm³/mol. The fraction of sp³-hybridized carbons (Fsp3) is 0.333. The fourth-order valence-corrected chi connectivity index (χ4v) is 2.76. The van der Waals surface area contributed by atoms with Crippen molar-refractivity contribution in [1.82, 2.24) is 5.32 Å². The lowest BCUT2D eigenvalue weighted by atomic mass is 10.1. The molecule has 2 aromatic rings. The van der Waals surface area contributed by atoms with Crippen molar-refractivity contribution in [3.05, 3.63) is 57.6 Å². The Labute approximate surface area is 135 Å². The van der Waals surface area contributed by atoms with Crippen LogP contribution in [-0.4, -0.2) is 6.54 Å². The summed E-state index contributed by atoms with van der Waals surface area (Å²) in [5.41, 5.74) is 3.67. The zero-order valence-corrected chi connectivity index (χ0v) is 14.5. The minimum Gasteiger partial charge on any atom is -0.457 e. The Morgan fingerprint density at radius 1 is 1.00 bits per heavy atom. The molecule has 2 aromatic carbocycles. The summed E-state index contributed by atoms with van der Waals surface area (Å²) >= 11 is 3.62. The minimum atomic E-state index is 0.853. The molecule has 0 amide bonds. The van der Waals surface area contributed by atoms with Gasteiger partial charge < -0.3 is 10.1 Å². The zero-order valence-electron chi connectivity index (χ0n) is 12.9. The maximum Gasteiger partial charge on any atom is 0.128 e. The molecular formula is C18H22BrNO. The summed E-state index contributed by atoms with van der Waals surface area (Å²) in [5.74, 6) is 1.74. The van der Waals surface area contributed by atoms with Crippen molar-refractivity contribution in [2.75, 3.05) is 6.54 Å². The van der Waals surface area contributed by atoms with Gasteiger partial charge in [-0.1, -0.05) is 35.0 Å². The van der Waals surface area contributed by atoms with E-state index >= 15 is 0 Å². The Bertz CT molecular complexity index is 590. The van der Waals surface area contributed by atoms with Gasteiger partial charge in [0.05, 0.1) is 0 Å². The number of rotatable bonds is 6. The maximum absolute atomic E-state index is 5.95. The third-order valence-corrected chi connectivity index (χ3v) is 3.94. The van der Waals surface area contributed by atoms with E-state index in [1.807, 2.05) is 12.1 Å². The molecule has 0 aliphatic heterocycles. The van der Waals surface area contributed by atoms with Gasteiger partial charge in [-0.15, -0.1) is 0 Å². The SMILES string of the molecule is CCCNCc1ccc(Oc2cc(C)cc(C)c2)cc1Br. The highest BCUT2D eigenvalue weighted by molar-refractivity contribution is 9.10. The van der Waals surface area contributed by atoms with E-state index < -0.39 is 0 Å². The van der Waals surface area contributed by atoms with Crippen LogP contribution in [-0.2, 0) is 6.54 Å². The molecule has 0 aromatic heterocycles. The number of halogens is 1. The van der Waals surface area contributed by atoms with Gasteiger partial charge in [-0.25, -0.2) is 0 Å². The first-order valence-electron chi connectivity index (χ1n) is 7.34. The van der Waals surface area contributed by atoms with Gasteiger partial charge in [0.2, 0.25) is 0 Å². The maximum atomic E-state index is 5.95. The number of ether oxygens (including phenoxy) is 1. The third kappa shape index (κ3) is 4.87. The Hall–Kier alpha value is -1.32. The smallest absolute Gasteiger partial charge is 0.128 e. The van der Waals surface area contributed by atoms with Crippen LogP contribution in [0.3, 0.4) is 0 Å². The van der Waals surface area contributed by atoms with Crippen LogP contribution in [0, 0.1) is 13.8 Å². The van der Waals surface area contributed by atoms with E-state index in [1.54, 1.807) is 0 Å². The van der Waals surface area contributed by atoms with E-state index in [-0.39, 0.29) is 0 Å². The van der Waals surface area contributed by atoms with Crippen LogP contribution in [0.5, 0.6) is 11.5 Å². The highest BCUT2D eigenvalue weighted by atomic mass is 79.9. The van der Waals surface area contributed by atoms with Gasteiger partial charge in [-0.2, -0.15) is 0 Å². The number of benzene rings is 2. The minimum absolute atomic E-state index is 0.853. The van der Waals surface area contributed by atoms with Crippen LogP contribution in [0.4, 0.5) is 0 Å². The fourth-order valence-electron chi connectivity index (χ4n) is 2.26. The van der Waals surface area contributed by atoms with Crippen molar-refractivity contribution in [3.63, 3.8) is 0 Å². The average molecular weight is 348 g/mol. The number of nitrogens with one attached hydrogen (secondary N) is 1. The number of aryl methyl sites for hydroxylation is 2. The van der Waals surface area contributed by atoms with Crippen LogP contribution < -0.4 is 10.1 Å². The van der Waals surface area contributed by atoms with Crippen LogP contribution >= 0.6 is 15.9 Å². The molecule has 0 heterocycles. The topological polar surface area (TPSA) is 21.3 Å². The van der Waals surface area contributed by atoms with Crippen LogP contribution in [0.1, 0.15) is 30.0 Å². The first kappa shape index (κ1) is 16.1. The molecule has 0 saturated carbocycles. The van der Waals surface area contributed by atoms with Crippen LogP contribution in [0.25, 0.3) is 0 Å². The Morgan fingerprint density at radius 3 is 2.33 bits per heavy atom. The number of hydrogen-bond acceptors (Lipinski definition) is 2. The largest absolute Gasteiger partial charge is 0.457 e. The first-order valence-corrected chi connectivity index (χ1v) is 8.13. The molecule has 2 nitrogen and oxygen atoms in total. The van der Waals surface area contributed by atoms with Gasteiger partial charge in [0, 0.05) is 11.0 Å². The van der Waals surface area contributed by atoms with Gasteiger partial charge in [0.1, 0.15) is 11.5 Å². The number of hydrogen-bond donors (Lipinski definition) is 1. The highest BCUT2D eigenvalue weighted by Gasteiger charge is 2.04. The summed E-state index contributed by atoms with van der Waals surface area (Å²) in [6.07, 6.45) is 1.14. The van der Waals surface area contributed by atoms with Gasteiger partial charge in [0.25, 0.3) is 0 Å². The molecule has 0 spiro atoms. The summed E-state index contributed by atoms with van der Waals surface area (Å²) in [4.78, 5) is 0. The van der Waals surface area contributed by atoms with E-state index in [0.29, 0.717) is 0 Å². The molecule has 0 saturated heterocycles. The van der Waals surface area contributed by atoms with Gasteiger partial charge in [0.15, 0.2) is 0 Å². The van der Waals surface area contributed by atoms with Gasteiger partial charge in [-0.05, 0) is 67.8 Å². The normalized spacial score (nSPS) is 10.7. The lowest BCUT2D eigenvalue weighted by molar-refractivity contribution is 0.481. The summed E-state index contributed by atoms with van der Waals surface area (Å²) in [6, 6.07) is 12.4. The highest BCUT2D eigenvalue weighted by Crippen LogP contribution is 2.28. The monoisotopic (exact) mass is 347 g/mol. The van der Waals surface area contributed by atoms with Crippen molar-refractivity contribution in [1.29, 1.82) is 0 Å². The van der Waals surface area contributed by atoms with E-state index in [4.69, 9.17) is 4.74 Å². The second-order valence-electron chi connectivity index (χ2n) is 5.36. The third-order valence-electron chi connectivity index (χ3n) is 3.20. The summed E-state index contributed by atoms with van der Waals surface area (Å²) in [6.45, 7) is 8.24. The summed E-state index contributed by atoms with van der Waals surface area (Å²) < 4.78 is 7.03. The quantitative estimate of drug-likeness (QED) is 0.710. The molecule has 0 aliphatic rings. The predicted octanol–water partition coefficient (Wildman–Crippen LogP) is 5.36. The van der Waals surface area contributed by atoms with E-state index in [1.165, 1.54) is 16.7 Å². The Morgan fingerprint density at radius 2 is 1.71 bits per heavy atom. The molecule has 0 radical (unpaired) electrons. The molecular weight excluding hydrogens is 326 g/mol. The molecule has 112 valence electrons. The average Bonchev–Trinajstić information content (AvgIpc) is 2.40. The first-order chi connectivity index (χ1) is 10.1. The molecule has 1 N–H and O–H groups in total. The summed E-state index contributed by atoms with van der Waals surface area (Å²) in [7, 11) is 0. The van der Waals surface area contributed by atoms with Crippen molar-refractivity contribution in [2.45, 2.75) is 33.7 Å². The van der Waals surface area contributed by atoms with Crippen molar-refractivity contribution in [3.8, 4) is 11.5 Å². The summed E-state index contributed by atoms with van der Waals surface area (Å²) in [5, 5.41) is 3.41. The molecule has 21 heavy (non-hydrogen) atoms. The molecule has 0 aliphatic carbocycles. The lowest BCUT2D eigenvalue weighted by Gasteiger charge is -2.11. The van der Waals surface area contributed by atoms with Crippen LogP contribution in [0.15, 0.2) is 40.9 Å². The van der Waals surface area contributed by atoms with E-state index in [9.17, 15) is 0 Å². The molecule has 0 atom stereocenters. The lowest BCUT2D eigenvalue weighted by Crippen LogP contribution is -2.14. The molecule has 2 rings (SSSR count). The second-order valence-corrected chi connectivity index (χ2v) is 6.21. The van der Waals surface area contributed by atoms with Gasteiger partial charge >= 0.3 is 0 Å².